The Morgan fingerprint density at radius 3 is 2.79 bits per heavy atom. The van der Waals surface area contributed by atoms with Gasteiger partial charge in [-0.25, -0.2) is 0 Å². The maximum Gasteiger partial charge on any atom is 0.134 e. The van der Waals surface area contributed by atoms with Crippen molar-refractivity contribution in [1.82, 2.24) is 0 Å². The molecule has 2 aromatic rings. The van der Waals surface area contributed by atoms with Crippen LogP contribution in [-0.4, -0.2) is 10.2 Å². The van der Waals surface area contributed by atoms with Crippen LogP contribution in [0.4, 0.5) is 0 Å². The minimum absolute atomic E-state index is 0.0118. The van der Waals surface area contributed by atoms with Crippen molar-refractivity contribution in [3.63, 3.8) is 0 Å². The second kappa shape index (κ2) is 3.29. The first-order valence-corrected chi connectivity index (χ1v) is 4.82. The van der Waals surface area contributed by atoms with Crippen LogP contribution < -0.4 is 0 Å². The van der Waals surface area contributed by atoms with Crippen molar-refractivity contribution >= 4 is 21.4 Å². The van der Waals surface area contributed by atoms with Crippen molar-refractivity contribution in [3.8, 4) is 11.8 Å². The van der Waals surface area contributed by atoms with E-state index in [-0.39, 0.29) is 17.9 Å². The van der Waals surface area contributed by atoms with Crippen LogP contribution in [0, 0.1) is 11.3 Å². The van der Waals surface area contributed by atoms with E-state index >= 15 is 0 Å². The summed E-state index contributed by atoms with van der Waals surface area (Å²) in [5, 5.41) is 27.9. The van der Waals surface area contributed by atoms with Gasteiger partial charge in [0.05, 0.1) is 12.2 Å². The van der Waals surface area contributed by atoms with Crippen molar-refractivity contribution in [2.24, 2.45) is 0 Å². The van der Waals surface area contributed by atoms with E-state index in [1.807, 2.05) is 6.07 Å². The van der Waals surface area contributed by atoms with Gasteiger partial charge in [0.25, 0.3) is 0 Å². The number of nitriles is 1. The van der Waals surface area contributed by atoms with Gasteiger partial charge in [-0.3, -0.25) is 0 Å². The quantitative estimate of drug-likeness (QED) is 0.748. The lowest BCUT2D eigenvalue weighted by atomic mass is 10.1. The first-order chi connectivity index (χ1) is 6.74. The van der Waals surface area contributed by atoms with Gasteiger partial charge in [-0.15, -0.1) is 11.3 Å². The molecule has 70 valence electrons. The number of rotatable bonds is 1. The second-order valence-corrected chi connectivity index (χ2v) is 4.06. The summed E-state index contributed by atoms with van der Waals surface area (Å²) in [6.45, 7) is -0.0119. The van der Waals surface area contributed by atoms with E-state index in [1.165, 1.54) is 11.3 Å². The molecule has 0 saturated heterocycles. The first-order valence-electron chi connectivity index (χ1n) is 4.01. The zero-order valence-corrected chi connectivity index (χ0v) is 8.01. The average Bonchev–Trinajstić information content (AvgIpc) is 2.58. The van der Waals surface area contributed by atoms with Crippen molar-refractivity contribution < 1.29 is 10.2 Å². The third-order valence-corrected chi connectivity index (χ3v) is 3.04. The normalized spacial score (nSPS) is 10.3. The molecule has 0 fully saturated rings. The van der Waals surface area contributed by atoms with Crippen molar-refractivity contribution in [3.05, 3.63) is 28.6 Å². The van der Waals surface area contributed by atoms with Crippen LogP contribution in [0.15, 0.2) is 18.2 Å². The molecule has 0 spiro atoms. The topological polar surface area (TPSA) is 64.2 Å². The lowest BCUT2D eigenvalue weighted by Gasteiger charge is -1.94. The molecule has 3 nitrogen and oxygen atoms in total. The number of phenolic OH excluding ortho intramolecular Hbond substituents is 1. The molecule has 0 atom stereocenters. The summed E-state index contributed by atoms with van der Waals surface area (Å²) < 4.78 is 0.906. The summed E-state index contributed by atoms with van der Waals surface area (Å²) in [6.07, 6.45) is 0. The highest BCUT2D eigenvalue weighted by Crippen LogP contribution is 2.31. The van der Waals surface area contributed by atoms with E-state index in [0.29, 0.717) is 0 Å². The highest BCUT2D eigenvalue weighted by Gasteiger charge is 2.06. The Morgan fingerprint density at radius 2 is 2.14 bits per heavy atom. The Morgan fingerprint density at radius 1 is 1.36 bits per heavy atom. The molecule has 0 aliphatic rings. The molecule has 2 rings (SSSR count). The third kappa shape index (κ3) is 1.33. The van der Waals surface area contributed by atoms with Crippen LogP contribution in [0.1, 0.15) is 10.4 Å². The number of benzene rings is 1. The number of aromatic hydroxyl groups is 1. The molecule has 1 heterocycles. The summed E-state index contributed by atoms with van der Waals surface area (Å²) >= 11 is 1.42. The number of thiophene rings is 1. The zero-order chi connectivity index (χ0) is 10.1. The Bertz CT molecular complexity index is 525. The fourth-order valence-corrected chi connectivity index (χ4v) is 2.24. The van der Waals surface area contributed by atoms with Crippen molar-refractivity contribution in [2.45, 2.75) is 6.61 Å². The maximum atomic E-state index is 9.41. The van der Waals surface area contributed by atoms with Gasteiger partial charge in [-0.05, 0) is 23.6 Å². The minimum atomic E-state index is -0.0119. The van der Waals surface area contributed by atoms with Gasteiger partial charge in [0.15, 0.2) is 0 Å². The standard InChI is InChI=1S/C10H7NO2S/c11-4-7-3-10-6(2-9(7)13)1-8(5-12)14-10/h1-3,12-13H,5H2. The predicted molar refractivity (Wildman–Crippen MR) is 54.1 cm³/mol. The van der Waals surface area contributed by atoms with E-state index in [0.717, 1.165) is 15.0 Å². The lowest BCUT2D eigenvalue weighted by molar-refractivity contribution is 0.285. The molecule has 0 aliphatic carbocycles. The van der Waals surface area contributed by atoms with E-state index < -0.39 is 0 Å². The Kier molecular flexibility index (Phi) is 2.12. The number of nitrogens with zero attached hydrogens (tertiary/aromatic N) is 1. The van der Waals surface area contributed by atoms with Gasteiger partial charge in [0.2, 0.25) is 0 Å². The van der Waals surface area contributed by atoms with Gasteiger partial charge in [0.1, 0.15) is 11.8 Å². The molecule has 0 aliphatic heterocycles. The number of fused-ring (bicyclic) bond motifs is 1. The number of aliphatic hydroxyl groups is 1. The highest BCUT2D eigenvalue weighted by molar-refractivity contribution is 7.19. The Labute approximate surface area is 84.5 Å². The lowest BCUT2D eigenvalue weighted by Crippen LogP contribution is -1.74. The van der Waals surface area contributed by atoms with Gasteiger partial charge >= 0.3 is 0 Å². The fourth-order valence-electron chi connectivity index (χ4n) is 1.30. The number of hydrogen-bond donors (Lipinski definition) is 2. The molecule has 0 amide bonds. The summed E-state index contributed by atoms with van der Waals surface area (Å²) in [7, 11) is 0. The van der Waals surface area contributed by atoms with Crippen LogP contribution in [-0.2, 0) is 6.61 Å². The van der Waals surface area contributed by atoms with Crippen LogP contribution in [0.2, 0.25) is 0 Å². The maximum absolute atomic E-state index is 9.41. The SMILES string of the molecule is N#Cc1cc2sc(CO)cc2cc1O. The zero-order valence-electron chi connectivity index (χ0n) is 7.19. The van der Waals surface area contributed by atoms with Crippen LogP contribution in [0.5, 0.6) is 5.75 Å². The van der Waals surface area contributed by atoms with Gasteiger partial charge in [-0.1, -0.05) is 0 Å². The van der Waals surface area contributed by atoms with Gasteiger partial charge in [0, 0.05) is 9.58 Å². The summed E-state index contributed by atoms with van der Waals surface area (Å²) in [4.78, 5) is 0.828. The summed E-state index contributed by atoms with van der Waals surface area (Å²) in [5.41, 5.74) is 0.267. The van der Waals surface area contributed by atoms with Crippen LogP contribution >= 0.6 is 11.3 Å². The van der Waals surface area contributed by atoms with Crippen LogP contribution in [0.25, 0.3) is 10.1 Å². The Balaban J connectivity index is 2.71. The van der Waals surface area contributed by atoms with E-state index in [1.54, 1.807) is 18.2 Å². The molecular weight excluding hydrogens is 198 g/mol. The van der Waals surface area contributed by atoms with E-state index in [2.05, 4.69) is 0 Å². The molecule has 0 unspecified atom stereocenters. The highest BCUT2D eigenvalue weighted by atomic mass is 32.1. The molecule has 2 N–H and O–H groups in total. The van der Waals surface area contributed by atoms with Crippen molar-refractivity contribution in [2.75, 3.05) is 0 Å². The molecule has 0 saturated carbocycles. The molecule has 4 heteroatoms. The van der Waals surface area contributed by atoms with Crippen molar-refractivity contribution in [1.29, 1.82) is 5.26 Å². The molecule has 1 aromatic carbocycles. The van der Waals surface area contributed by atoms with E-state index in [9.17, 15) is 5.11 Å². The number of phenols is 1. The summed E-state index contributed by atoms with van der Waals surface area (Å²) in [6, 6.07) is 6.89. The number of aliphatic hydroxyl groups excluding tert-OH is 1. The van der Waals surface area contributed by atoms with Crippen LogP contribution in [0.3, 0.4) is 0 Å². The number of hydrogen-bond acceptors (Lipinski definition) is 4. The van der Waals surface area contributed by atoms with Gasteiger partial charge < -0.3 is 10.2 Å². The molecule has 1 aromatic heterocycles. The van der Waals surface area contributed by atoms with Gasteiger partial charge in [-0.2, -0.15) is 5.26 Å². The predicted octanol–water partition coefficient (Wildman–Crippen LogP) is 1.97. The second-order valence-electron chi connectivity index (χ2n) is 2.89. The molecular formula is C10H7NO2S. The summed E-state index contributed by atoms with van der Waals surface area (Å²) in [5.74, 6) is -0.0118. The average molecular weight is 205 g/mol. The first kappa shape index (κ1) is 9.00. The largest absolute Gasteiger partial charge is 0.507 e. The fraction of sp³-hybridized carbons (Fsp3) is 0.100. The van der Waals surface area contributed by atoms with E-state index in [4.69, 9.17) is 10.4 Å². The minimum Gasteiger partial charge on any atom is -0.507 e. The molecule has 0 bridgehead atoms. The smallest absolute Gasteiger partial charge is 0.134 e. The Hall–Kier alpha value is -1.57. The molecule has 14 heavy (non-hydrogen) atoms. The molecule has 0 radical (unpaired) electrons. The third-order valence-electron chi connectivity index (χ3n) is 1.96. The monoisotopic (exact) mass is 205 g/mol.